The first-order valence-corrected chi connectivity index (χ1v) is 7.29. The monoisotopic (exact) mass is 287 g/mol. The van der Waals surface area contributed by atoms with Gasteiger partial charge in [-0.2, -0.15) is 5.10 Å². The van der Waals surface area contributed by atoms with Crippen molar-refractivity contribution in [3.8, 4) is 11.5 Å². The molecule has 0 aliphatic carbocycles. The van der Waals surface area contributed by atoms with Crippen LogP contribution in [0.2, 0.25) is 0 Å². The van der Waals surface area contributed by atoms with Gasteiger partial charge in [0.2, 0.25) is 0 Å². The maximum Gasteiger partial charge on any atom is 0.161 e. The lowest BCUT2D eigenvalue weighted by Crippen LogP contribution is -2.19. The molecule has 3 rings (SSSR count). The predicted octanol–water partition coefficient (Wildman–Crippen LogP) is 2.36. The molecule has 1 aromatic heterocycles. The van der Waals surface area contributed by atoms with Gasteiger partial charge in [0, 0.05) is 18.2 Å². The summed E-state index contributed by atoms with van der Waals surface area (Å²) < 4.78 is 13.3. The van der Waals surface area contributed by atoms with Crippen molar-refractivity contribution in [2.45, 2.75) is 32.9 Å². The van der Waals surface area contributed by atoms with Crippen LogP contribution in [0.25, 0.3) is 0 Å². The molecule has 0 spiro atoms. The third-order valence-corrected chi connectivity index (χ3v) is 3.67. The summed E-state index contributed by atoms with van der Waals surface area (Å²) in [6.07, 6.45) is 0.905. The summed E-state index contributed by atoms with van der Waals surface area (Å²) in [5.41, 5.74) is 9.49. The molecule has 0 saturated carbocycles. The van der Waals surface area contributed by atoms with E-state index in [-0.39, 0.29) is 6.04 Å². The fourth-order valence-corrected chi connectivity index (χ4v) is 2.56. The number of nitrogens with zero attached hydrogens (tertiary/aromatic N) is 2. The second-order valence-electron chi connectivity index (χ2n) is 5.47. The first-order chi connectivity index (χ1) is 10.1. The molecule has 0 bridgehead atoms. The van der Waals surface area contributed by atoms with Crippen LogP contribution >= 0.6 is 0 Å². The molecule has 0 fully saturated rings. The summed E-state index contributed by atoms with van der Waals surface area (Å²) in [6.45, 7) is 6.07. The SMILES string of the molecule is Cc1cc(C)n(CC(N)c2ccc3c(c2)OCCCO3)n1. The zero-order valence-corrected chi connectivity index (χ0v) is 12.5. The van der Waals surface area contributed by atoms with Crippen LogP contribution in [0.15, 0.2) is 24.3 Å². The standard InChI is InChI=1S/C16H21N3O2/c1-11-8-12(2)19(18-11)10-14(17)13-4-5-15-16(9-13)21-7-3-6-20-15/h4-5,8-9,14H,3,6-7,10,17H2,1-2H3. The van der Waals surface area contributed by atoms with Crippen LogP contribution in [0.3, 0.4) is 0 Å². The van der Waals surface area contributed by atoms with Crippen LogP contribution in [-0.2, 0) is 6.54 Å². The van der Waals surface area contributed by atoms with Crippen molar-refractivity contribution >= 4 is 0 Å². The molecule has 5 nitrogen and oxygen atoms in total. The molecule has 1 aliphatic rings. The molecule has 0 saturated heterocycles. The Kier molecular flexibility index (Phi) is 3.84. The summed E-state index contributed by atoms with van der Waals surface area (Å²) >= 11 is 0. The number of rotatable bonds is 3. The Morgan fingerprint density at radius 2 is 1.95 bits per heavy atom. The Hall–Kier alpha value is -2.01. The molecule has 2 heterocycles. The van der Waals surface area contributed by atoms with Crippen molar-refractivity contribution < 1.29 is 9.47 Å². The zero-order chi connectivity index (χ0) is 14.8. The summed E-state index contributed by atoms with van der Waals surface area (Å²) in [7, 11) is 0. The first kappa shape index (κ1) is 13.9. The maximum absolute atomic E-state index is 6.32. The molecule has 1 unspecified atom stereocenters. The van der Waals surface area contributed by atoms with Crippen LogP contribution < -0.4 is 15.2 Å². The van der Waals surface area contributed by atoms with E-state index in [4.69, 9.17) is 15.2 Å². The fourth-order valence-electron chi connectivity index (χ4n) is 2.56. The Labute approximate surface area is 124 Å². The summed E-state index contributed by atoms with van der Waals surface area (Å²) in [4.78, 5) is 0. The van der Waals surface area contributed by atoms with E-state index in [1.807, 2.05) is 36.7 Å². The molecule has 1 aromatic carbocycles. The highest BCUT2D eigenvalue weighted by atomic mass is 16.5. The van der Waals surface area contributed by atoms with Crippen molar-refractivity contribution in [1.29, 1.82) is 0 Å². The van der Waals surface area contributed by atoms with E-state index < -0.39 is 0 Å². The van der Waals surface area contributed by atoms with E-state index in [1.165, 1.54) is 0 Å². The highest BCUT2D eigenvalue weighted by Crippen LogP contribution is 2.32. The molecular weight excluding hydrogens is 266 g/mol. The average molecular weight is 287 g/mol. The third kappa shape index (κ3) is 3.03. The minimum absolute atomic E-state index is 0.125. The van der Waals surface area contributed by atoms with Gasteiger partial charge in [-0.1, -0.05) is 6.07 Å². The number of nitrogens with two attached hydrogens (primary N) is 1. The van der Waals surface area contributed by atoms with Gasteiger partial charge in [0.05, 0.1) is 25.5 Å². The van der Waals surface area contributed by atoms with E-state index in [2.05, 4.69) is 11.2 Å². The normalized spacial score (nSPS) is 15.6. The lowest BCUT2D eigenvalue weighted by atomic mass is 10.1. The van der Waals surface area contributed by atoms with Crippen molar-refractivity contribution in [3.63, 3.8) is 0 Å². The smallest absolute Gasteiger partial charge is 0.161 e. The quantitative estimate of drug-likeness (QED) is 0.941. The molecule has 1 aliphatic heterocycles. The summed E-state index contributed by atoms with van der Waals surface area (Å²) in [6, 6.07) is 7.86. The summed E-state index contributed by atoms with van der Waals surface area (Å²) in [5, 5.41) is 4.46. The van der Waals surface area contributed by atoms with Crippen LogP contribution in [0.4, 0.5) is 0 Å². The lowest BCUT2D eigenvalue weighted by Gasteiger charge is -2.16. The average Bonchev–Trinajstić information content (AvgIpc) is 2.67. The number of aromatic nitrogens is 2. The predicted molar refractivity (Wildman–Crippen MR) is 80.7 cm³/mol. The highest BCUT2D eigenvalue weighted by Gasteiger charge is 2.15. The fraction of sp³-hybridized carbons (Fsp3) is 0.438. The van der Waals surface area contributed by atoms with Gasteiger partial charge in [0.25, 0.3) is 0 Å². The van der Waals surface area contributed by atoms with Crippen molar-refractivity contribution in [2.75, 3.05) is 13.2 Å². The number of fused-ring (bicyclic) bond motifs is 1. The molecule has 1 atom stereocenters. The van der Waals surface area contributed by atoms with E-state index in [0.717, 1.165) is 34.9 Å². The Bertz CT molecular complexity index is 636. The molecule has 2 aromatic rings. The van der Waals surface area contributed by atoms with Gasteiger partial charge < -0.3 is 15.2 Å². The topological polar surface area (TPSA) is 62.3 Å². The second kappa shape index (κ2) is 5.77. The van der Waals surface area contributed by atoms with E-state index in [1.54, 1.807) is 0 Å². The van der Waals surface area contributed by atoms with Gasteiger partial charge in [0.15, 0.2) is 11.5 Å². The number of benzene rings is 1. The van der Waals surface area contributed by atoms with Crippen molar-refractivity contribution in [1.82, 2.24) is 9.78 Å². The minimum Gasteiger partial charge on any atom is -0.490 e. The number of aryl methyl sites for hydroxylation is 2. The molecule has 5 heteroatoms. The van der Waals surface area contributed by atoms with Crippen molar-refractivity contribution in [2.24, 2.45) is 5.73 Å². The van der Waals surface area contributed by atoms with Gasteiger partial charge in [-0.25, -0.2) is 0 Å². The van der Waals surface area contributed by atoms with Crippen LogP contribution in [-0.4, -0.2) is 23.0 Å². The van der Waals surface area contributed by atoms with Gasteiger partial charge in [-0.3, -0.25) is 4.68 Å². The Balaban J connectivity index is 1.80. The molecule has 21 heavy (non-hydrogen) atoms. The number of hydrogen-bond donors (Lipinski definition) is 1. The van der Waals surface area contributed by atoms with Crippen LogP contribution in [0.1, 0.15) is 29.4 Å². The minimum atomic E-state index is -0.125. The zero-order valence-electron chi connectivity index (χ0n) is 12.5. The summed E-state index contributed by atoms with van der Waals surface area (Å²) in [5.74, 6) is 1.59. The van der Waals surface area contributed by atoms with Gasteiger partial charge in [-0.05, 0) is 37.6 Å². The van der Waals surface area contributed by atoms with Crippen LogP contribution in [0, 0.1) is 13.8 Å². The molecular formula is C16H21N3O2. The molecule has 2 N–H and O–H groups in total. The number of ether oxygens (including phenoxy) is 2. The van der Waals surface area contributed by atoms with E-state index in [9.17, 15) is 0 Å². The molecule has 0 radical (unpaired) electrons. The third-order valence-electron chi connectivity index (χ3n) is 3.67. The second-order valence-corrected chi connectivity index (χ2v) is 5.47. The Morgan fingerprint density at radius 1 is 1.19 bits per heavy atom. The molecule has 112 valence electrons. The Morgan fingerprint density at radius 3 is 2.67 bits per heavy atom. The molecule has 0 amide bonds. The van der Waals surface area contributed by atoms with Gasteiger partial charge in [0.1, 0.15) is 0 Å². The first-order valence-electron chi connectivity index (χ1n) is 7.29. The van der Waals surface area contributed by atoms with E-state index in [0.29, 0.717) is 19.8 Å². The largest absolute Gasteiger partial charge is 0.490 e. The lowest BCUT2D eigenvalue weighted by molar-refractivity contribution is 0.297. The van der Waals surface area contributed by atoms with E-state index >= 15 is 0 Å². The number of hydrogen-bond acceptors (Lipinski definition) is 4. The van der Waals surface area contributed by atoms with Gasteiger partial charge in [-0.15, -0.1) is 0 Å². The van der Waals surface area contributed by atoms with Crippen LogP contribution in [0.5, 0.6) is 11.5 Å². The highest BCUT2D eigenvalue weighted by molar-refractivity contribution is 5.44. The maximum atomic E-state index is 6.32. The van der Waals surface area contributed by atoms with Crippen molar-refractivity contribution in [3.05, 3.63) is 41.2 Å². The van der Waals surface area contributed by atoms with Gasteiger partial charge >= 0.3 is 0 Å².